The lowest BCUT2D eigenvalue weighted by molar-refractivity contribution is 0.00578. The predicted molar refractivity (Wildman–Crippen MR) is 376 cm³/mol. The molecule has 434 valence electrons. The highest BCUT2D eigenvalue weighted by atomic mass is 79.9. The molecule has 0 amide bonds. The number of nitrogens with zero attached hydrogens (tertiary/aromatic N) is 8. The fraction of sp³-hybridized carbons (Fsp3) is 0.0789. The molecule has 16 aromatic rings. The van der Waals surface area contributed by atoms with Gasteiger partial charge in [0.1, 0.15) is 10.0 Å². The molecule has 9 heterocycles. The van der Waals surface area contributed by atoms with Crippen molar-refractivity contribution in [1.82, 2.24) is 39.0 Å². The topological polar surface area (TPSA) is 106 Å². The second-order valence-electron chi connectivity index (χ2n) is 23.1. The van der Waals surface area contributed by atoms with Crippen molar-refractivity contribution in [3.8, 4) is 66.4 Å². The molecule has 90 heavy (non-hydrogen) atoms. The zero-order valence-corrected chi connectivity index (χ0v) is 52.8. The van der Waals surface area contributed by atoms with Crippen LogP contribution < -0.4 is 5.46 Å². The van der Waals surface area contributed by atoms with Crippen molar-refractivity contribution in [2.75, 3.05) is 0 Å². The van der Waals surface area contributed by atoms with Gasteiger partial charge in [-0.2, -0.15) is 0 Å². The molecule has 1 aliphatic heterocycles. The van der Waals surface area contributed by atoms with Crippen LogP contribution in [0, 0.1) is 0 Å². The van der Waals surface area contributed by atoms with Crippen LogP contribution >= 0.6 is 38.6 Å². The van der Waals surface area contributed by atoms with E-state index < -0.39 is 7.12 Å². The van der Waals surface area contributed by atoms with E-state index in [1.807, 2.05) is 85.3 Å². The number of thiazole rings is 2. The summed E-state index contributed by atoms with van der Waals surface area (Å²) in [5.74, 6) is 0. The van der Waals surface area contributed by atoms with Gasteiger partial charge in [-0.3, -0.25) is 19.9 Å². The number of fused-ring (bicyclic) bond motifs is 8. The molecule has 0 aliphatic carbocycles. The Hall–Kier alpha value is -9.80. The third-order valence-corrected chi connectivity index (χ3v) is 19.5. The molecule has 8 aromatic carbocycles. The van der Waals surface area contributed by atoms with Crippen molar-refractivity contribution in [3.05, 3.63) is 272 Å². The number of aromatic nitrogens is 8. The van der Waals surface area contributed by atoms with Crippen molar-refractivity contribution >= 4 is 115 Å². The van der Waals surface area contributed by atoms with Crippen LogP contribution in [-0.2, 0) is 9.31 Å². The summed E-state index contributed by atoms with van der Waals surface area (Å²) in [6.07, 6.45) is 7.48. The molecule has 0 unspecified atom stereocenters. The van der Waals surface area contributed by atoms with Gasteiger partial charge >= 0.3 is 7.12 Å². The largest absolute Gasteiger partial charge is 0.496 e. The van der Waals surface area contributed by atoms with Crippen molar-refractivity contribution in [3.63, 3.8) is 0 Å². The van der Waals surface area contributed by atoms with E-state index in [0.717, 1.165) is 87.4 Å². The summed E-state index contributed by atoms with van der Waals surface area (Å²) in [6, 6.07) is 84.2. The molecule has 0 atom stereocenters. The standard InChI is InChI=1S/C35H22N4S.C29H27BN2O2.C12H7BrN2S/c1-4-10-32-27(7-1)28-8-2-5-11-33(28)39(32)26-17-13-23(14-18-26)29-19-15-24(21-36-29)25-16-20-31(37-22-25)35-38-30-9-3-6-12-34(30)40-35;1-28(2)29(3,4)34-30(33-28)21-15-18-25(31-19-21)20-13-16-22(17-14-20)32-26-11-7-5-9-23(26)24-10-6-8-12-27(24)32;13-8-5-6-10(14-7-8)12-15-9-3-1-2-4-11(9)16-12/h1-22H;5-19H,1-4H3;1-7H. The van der Waals surface area contributed by atoms with Gasteiger partial charge in [0.2, 0.25) is 0 Å². The van der Waals surface area contributed by atoms with Crippen molar-refractivity contribution in [2.45, 2.75) is 38.9 Å². The number of benzene rings is 8. The Bertz CT molecular complexity index is 5070. The normalized spacial score (nSPS) is 13.5. The molecular weight excluding hydrogens is 1210 g/mol. The summed E-state index contributed by atoms with van der Waals surface area (Å²) in [4.78, 5) is 27.8. The SMILES string of the molecule is Brc1ccc(-c2nc3ccccc3s2)nc1.CC1(C)OB(c2ccc(-c3ccc(-n4c5ccccc5c5ccccc54)cc3)nc2)OC1(C)C.c1ccc2sc(-c3ccc(-c4ccc(-c5ccc(-n6c7ccccc7c7ccccc76)cc5)nc4)cn3)nc2c1. The number of pyridine rings is 4. The van der Waals surface area contributed by atoms with Crippen LogP contribution in [0.3, 0.4) is 0 Å². The first-order valence-electron chi connectivity index (χ1n) is 29.7. The molecule has 17 rings (SSSR count). The minimum atomic E-state index is -0.399. The lowest BCUT2D eigenvalue weighted by atomic mass is 9.80. The lowest BCUT2D eigenvalue weighted by Crippen LogP contribution is -2.41. The Balaban J connectivity index is 0.000000122. The number of rotatable bonds is 8. The van der Waals surface area contributed by atoms with Gasteiger partial charge < -0.3 is 18.4 Å². The van der Waals surface area contributed by atoms with E-state index in [-0.39, 0.29) is 11.2 Å². The van der Waals surface area contributed by atoms with Gasteiger partial charge in [-0.15, -0.1) is 22.7 Å². The zero-order valence-electron chi connectivity index (χ0n) is 49.6. The minimum absolute atomic E-state index is 0.362. The Morgan fingerprint density at radius 3 is 1.09 bits per heavy atom. The molecule has 0 radical (unpaired) electrons. The molecular formula is C76H56BBrN8O2S2. The third kappa shape index (κ3) is 10.9. The number of para-hydroxylation sites is 6. The fourth-order valence-corrected chi connectivity index (χ4v) is 13.7. The van der Waals surface area contributed by atoms with Crippen LogP contribution in [0.5, 0.6) is 0 Å². The predicted octanol–water partition coefficient (Wildman–Crippen LogP) is 19.5. The summed E-state index contributed by atoms with van der Waals surface area (Å²) >= 11 is 6.71. The summed E-state index contributed by atoms with van der Waals surface area (Å²) in [7, 11) is -0.399. The van der Waals surface area contributed by atoms with E-state index in [4.69, 9.17) is 29.2 Å². The van der Waals surface area contributed by atoms with Crippen LogP contribution in [0.4, 0.5) is 0 Å². The van der Waals surface area contributed by atoms with Gasteiger partial charge in [0.25, 0.3) is 0 Å². The van der Waals surface area contributed by atoms with Gasteiger partial charge in [0, 0.05) is 89.9 Å². The average molecular weight is 1270 g/mol. The Kier molecular flexibility index (Phi) is 14.9. The monoisotopic (exact) mass is 1270 g/mol. The van der Waals surface area contributed by atoms with Crippen molar-refractivity contribution < 1.29 is 9.31 Å². The smallest absolute Gasteiger partial charge is 0.399 e. The molecule has 1 fully saturated rings. The Morgan fingerprint density at radius 1 is 0.356 bits per heavy atom. The maximum Gasteiger partial charge on any atom is 0.496 e. The Labute approximate surface area is 537 Å². The first kappa shape index (κ1) is 56.7. The number of halogens is 1. The number of hydrogen-bond donors (Lipinski definition) is 0. The summed E-state index contributed by atoms with van der Waals surface area (Å²) in [5, 5.41) is 6.97. The Morgan fingerprint density at radius 2 is 0.711 bits per heavy atom. The van der Waals surface area contributed by atoms with E-state index >= 15 is 0 Å². The van der Waals surface area contributed by atoms with Crippen molar-refractivity contribution in [1.29, 1.82) is 0 Å². The first-order chi connectivity index (χ1) is 44.0. The highest BCUT2D eigenvalue weighted by Crippen LogP contribution is 2.39. The first-order valence-corrected chi connectivity index (χ1v) is 32.2. The van der Waals surface area contributed by atoms with Gasteiger partial charge in [-0.25, -0.2) is 9.97 Å². The highest BCUT2D eigenvalue weighted by Gasteiger charge is 2.51. The molecule has 0 N–H and O–H groups in total. The second kappa shape index (κ2) is 23.6. The lowest BCUT2D eigenvalue weighted by Gasteiger charge is -2.32. The quantitative estimate of drug-likeness (QED) is 0.139. The maximum absolute atomic E-state index is 6.16. The average Bonchev–Trinajstić information content (AvgIpc) is 1.81. The third-order valence-electron chi connectivity index (χ3n) is 16.9. The fourth-order valence-electron chi connectivity index (χ4n) is 11.6. The van der Waals surface area contributed by atoms with Gasteiger partial charge in [-0.1, -0.05) is 140 Å². The summed E-state index contributed by atoms with van der Waals surface area (Å²) in [5.41, 5.74) is 17.3. The van der Waals surface area contributed by atoms with E-state index in [9.17, 15) is 0 Å². The molecule has 10 nitrogen and oxygen atoms in total. The van der Waals surface area contributed by atoms with E-state index in [1.54, 1.807) is 28.9 Å². The van der Waals surface area contributed by atoms with Crippen LogP contribution in [-0.4, -0.2) is 57.4 Å². The van der Waals surface area contributed by atoms with Crippen LogP contribution in [0.15, 0.2) is 272 Å². The summed E-state index contributed by atoms with van der Waals surface area (Å²) < 4.78 is 20.3. The van der Waals surface area contributed by atoms with Crippen LogP contribution in [0.2, 0.25) is 0 Å². The highest BCUT2D eigenvalue weighted by molar-refractivity contribution is 9.10. The molecule has 0 spiro atoms. The van der Waals surface area contributed by atoms with Gasteiger partial charge in [0.05, 0.1) is 76.5 Å². The zero-order chi connectivity index (χ0) is 60.9. The molecule has 14 heteroatoms. The van der Waals surface area contributed by atoms with E-state index in [2.05, 4.69) is 239 Å². The number of hydrogen-bond acceptors (Lipinski definition) is 10. The molecule has 1 aliphatic rings. The van der Waals surface area contributed by atoms with Gasteiger partial charge in [0.15, 0.2) is 0 Å². The second-order valence-corrected chi connectivity index (χ2v) is 26.1. The van der Waals surface area contributed by atoms with E-state index in [1.165, 1.54) is 53.0 Å². The molecule has 0 saturated carbocycles. The minimum Gasteiger partial charge on any atom is -0.399 e. The maximum atomic E-state index is 6.16. The van der Waals surface area contributed by atoms with E-state index in [0.29, 0.717) is 0 Å². The molecule has 8 aromatic heterocycles. The van der Waals surface area contributed by atoms with Gasteiger partial charge in [-0.05, 0) is 147 Å². The van der Waals surface area contributed by atoms with Crippen molar-refractivity contribution in [2.24, 2.45) is 0 Å². The van der Waals surface area contributed by atoms with Crippen LogP contribution in [0.1, 0.15) is 27.7 Å². The molecule has 0 bridgehead atoms. The molecule has 1 saturated heterocycles. The summed E-state index contributed by atoms with van der Waals surface area (Å²) in [6.45, 7) is 8.25. The van der Waals surface area contributed by atoms with Crippen LogP contribution in [0.25, 0.3) is 130 Å².